The highest BCUT2D eigenvalue weighted by atomic mass is 32.2. The van der Waals surface area contributed by atoms with Crippen molar-refractivity contribution in [3.05, 3.63) is 82.1 Å². The Bertz CT molecular complexity index is 1560. The Labute approximate surface area is 240 Å². The van der Waals surface area contributed by atoms with Gasteiger partial charge in [0.05, 0.1) is 17.4 Å². The number of aryl methyl sites for hydroxylation is 1. The van der Waals surface area contributed by atoms with Crippen molar-refractivity contribution < 1.29 is 23.5 Å². The Balaban J connectivity index is 1.27. The topological polar surface area (TPSA) is 89.4 Å². The van der Waals surface area contributed by atoms with Crippen molar-refractivity contribution in [3.8, 4) is 0 Å². The second-order valence-corrected chi connectivity index (χ2v) is 12.0. The first-order valence-electron chi connectivity index (χ1n) is 13.3. The molecule has 0 unspecified atom stereocenters. The molecule has 5 rings (SSSR count). The van der Waals surface area contributed by atoms with Crippen LogP contribution in [0.4, 0.5) is 9.39 Å². The van der Waals surface area contributed by atoms with Gasteiger partial charge in [0.25, 0.3) is 5.91 Å². The molecular weight excluding hydrogens is 549 g/mol. The van der Waals surface area contributed by atoms with Crippen LogP contribution < -0.4 is 10.6 Å². The van der Waals surface area contributed by atoms with Crippen molar-refractivity contribution >= 4 is 56.8 Å². The van der Waals surface area contributed by atoms with E-state index >= 15 is 0 Å². The summed E-state index contributed by atoms with van der Waals surface area (Å²) in [6.07, 6.45) is 4.74. The third-order valence-corrected chi connectivity index (χ3v) is 9.16. The molecule has 1 aliphatic rings. The van der Waals surface area contributed by atoms with Crippen LogP contribution in [-0.2, 0) is 28.9 Å². The lowest BCUT2D eigenvalue weighted by Gasteiger charge is -2.12. The van der Waals surface area contributed by atoms with Crippen LogP contribution in [0.3, 0.4) is 0 Å². The molecule has 0 fully saturated rings. The quantitative estimate of drug-likeness (QED) is 0.176. The third-order valence-electron chi connectivity index (χ3n) is 6.81. The molecule has 0 bridgehead atoms. The number of rotatable bonds is 10. The van der Waals surface area contributed by atoms with Crippen LogP contribution in [0.5, 0.6) is 0 Å². The minimum Gasteiger partial charge on any atom is -0.462 e. The fraction of sp³-hybridized carbons (Fsp3) is 0.300. The molecule has 0 spiro atoms. The van der Waals surface area contributed by atoms with Crippen molar-refractivity contribution in [2.24, 2.45) is 0 Å². The third kappa shape index (κ3) is 5.93. The maximum Gasteiger partial charge on any atom is 0.341 e. The van der Waals surface area contributed by atoms with Gasteiger partial charge in [0.1, 0.15) is 10.8 Å². The van der Waals surface area contributed by atoms with Gasteiger partial charge >= 0.3 is 5.97 Å². The highest BCUT2D eigenvalue weighted by Gasteiger charge is 2.29. The Morgan fingerprint density at radius 3 is 2.67 bits per heavy atom. The Morgan fingerprint density at radius 2 is 1.90 bits per heavy atom. The molecule has 7 nitrogen and oxygen atoms in total. The van der Waals surface area contributed by atoms with Gasteiger partial charge in [0.15, 0.2) is 0 Å². The van der Waals surface area contributed by atoms with E-state index in [1.54, 1.807) is 6.92 Å². The lowest BCUT2D eigenvalue weighted by Crippen LogP contribution is -2.27. The van der Waals surface area contributed by atoms with E-state index in [0.717, 1.165) is 45.5 Å². The number of carbonyl (C=O) groups excluding carboxylic acids is 3. The maximum atomic E-state index is 13.3. The molecule has 0 saturated heterocycles. The van der Waals surface area contributed by atoms with Gasteiger partial charge in [-0.05, 0) is 69.0 Å². The summed E-state index contributed by atoms with van der Waals surface area (Å²) in [6.45, 7) is 4.81. The number of thioether (sulfide) groups is 1. The number of nitrogens with one attached hydrogen (secondary N) is 2. The Kier molecular flexibility index (Phi) is 8.56. The molecule has 1 aliphatic carbocycles. The molecule has 2 aromatic heterocycles. The van der Waals surface area contributed by atoms with E-state index < -0.39 is 5.25 Å². The SMILES string of the molecule is CCOC(=O)c1c(NC(=O)[C@@H](C)Sc2cn(CCNC(=O)c3ccc(F)cc3)c3ccccc23)sc2c1CCC2. The summed E-state index contributed by atoms with van der Waals surface area (Å²) in [5.74, 6) is -1.22. The number of carbonyl (C=O) groups is 3. The molecular formula is C30H30FN3O4S2. The molecule has 0 aliphatic heterocycles. The minimum atomic E-state index is -0.426. The second kappa shape index (κ2) is 12.3. The monoisotopic (exact) mass is 579 g/mol. The zero-order valence-corrected chi connectivity index (χ0v) is 23.9. The molecule has 2 amide bonds. The number of anilines is 1. The molecule has 2 N–H and O–H groups in total. The average molecular weight is 580 g/mol. The fourth-order valence-corrected chi connectivity index (χ4v) is 7.17. The van der Waals surface area contributed by atoms with Gasteiger partial charge < -0.3 is 19.9 Å². The first-order valence-corrected chi connectivity index (χ1v) is 15.0. The van der Waals surface area contributed by atoms with Crippen LogP contribution in [0.15, 0.2) is 59.6 Å². The van der Waals surface area contributed by atoms with Crippen LogP contribution in [-0.4, -0.2) is 40.8 Å². The fourth-order valence-electron chi connectivity index (χ4n) is 4.85. The number of benzene rings is 2. The zero-order valence-electron chi connectivity index (χ0n) is 22.3. The van der Waals surface area contributed by atoms with Gasteiger partial charge in [-0.15, -0.1) is 23.1 Å². The number of aromatic nitrogens is 1. The van der Waals surface area contributed by atoms with E-state index in [1.807, 2.05) is 37.4 Å². The molecule has 0 saturated carbocycles. The van der Waals surface area contributed by atoms with Crippen LogP contribution >= 0.6 is 23.1 Å². The number of halogens is 1. The summed E-state index contributed by atoms with van der Waals surface area (Å²) in [5, 5.41) is 7.03. The summed E-state index contributed by atoms with van der Waals surface area (Å²) in [7, 11) is 0. The highest BCUT2D eigenvalue weighted by molar-refractivity contribution is 8.00. The van der Waals surface area contributed by atoms with Crippen molar-refractivity contribution in [3.63, 3.8) is 0 Å². The van der Waals surface area contributed by atoms with Crippen molar-refractivity contribution in [1.29, 1.82) is 0 Å². The van der Waals surface area contributed by atoms with Gasteiger partial charge in [-0.25, -0.2) is 9.18 Å². The normalized spacial score (nSPS) is 13.2. The number of thiophene rings is 1. The van der Waals surface area contributed by atoms with E-state index in [1.165, 1.54) is 47.4 Å². The Hall–Kier alpha value is -3.63. The first kappa shape index (κ1) is 27.9. The highest BCUT2D eigenvalue weighted by Crippen LogP contribution is 2.40. The number of ether oxygens (including phenoxy) is 1. The molecule has 1 atom stereocenters. The van der Waals surface area contributed by atoms with Crippen molar-refractivity contribution in [1.82, 2.24) is 9.88 Å². The molecule has 2 heterocycles. The molecule has 2 aromatic carbocycles. The largest absolute Gasteiger partial charge is 0.462 e. The van der Waals surface area contributed by atoms with Crippen LogP contribution in [0.25, 0.3) is 10.9 Å². The zero-order chi connectivity index (χ0) is 28.2. The lowest BCUT2D eigenvalue weighted by molar-refractivity contribution is -0.115. The van der Waals surface area contributed by atoms with E-state index in [9.17, 15) is 18.8 Å². The summed E-state index contributed by atoms with van der Waals surface area (Å²) in [6, 6.07) is 13.4. The lowest BCUT2D eigenvalue weighted by atomic mass is 10.1. The first-order chi connectivity index (χ1) is 19.4. The second-order valence-electron chi connectivity index (χ2n) is 9.50. The number of nitrogens with zero attached hydrogens (tertiary/aromatic N) is 1. The van der Waals surface area contributed by atoms with Crippen molar-refractivity contribution in [2.45, 2.75) is 49.8 Å². The number of fused-ring (bicyclic) bond motifs is 2. The molecule has 0 radical (unpaired) electrons. The minimum absolute atomic E-state index is 0.182. The average Bonchev–Trinajstić information content (AvgIpc) is 3.62. The molecule has 4 aromatic rings. The van der Waals surface area contributed by atoms with Gasteiger partial charge in [-0.1, -0.05) is 18.2 Å². The predicted octanol–water partition coefficient (Wildman–Crippen LogP) is 6.06. The van der Waals surface area contributed by atoms with Crippen LogP contribution in [0, 0.1) is 5.82 Å². The van der Waals surface area contributed by atoms with Gasteiger partial charge in [-0.2, -0.15) is 0 Å². The number of hydrogen-bond donors (Lipinski definition) is 2. The predicted molar refractivity (Wildman–Crippen MR) is 157 cm³/mol. The number of hydrogen-bond acceptors (Lipinski definition) is 6. The number of para-hydroxylation sites is 1. The smallest absolute Gasteiger partial charge is 0.341 e. The van der Waals surface area contributed by atoms with Crippen LogP contribution in [0.2, 0.25) is 0 Å². The van der Waals surface area contributed by atoms with Crippen molar-refractivity contribution in [2.75, 3.05) is 18.5 Å². The van der Waals surface area contributed by atoms with Crippen LogP contribution in [0.1, 0.15) is 51.4 Å². The van der Waals surface area contributed by atoms with E-state index in [2.05, 4.69) is 15.2 Å². The summed E-state index contributed by atoms with van der Waals surface area (Å²) < 4.78 is 20.5. The maximum absolute atomic E-state index is 13.3. The molecule has 40 heavy (non-hydrogen) atoms. The number of amides is 2. The van der Waals surface area contributed by atoms with Gasteiger partial charge in [0.2, 0.25) is 5.91 Å². The van der Waals surface area contributed by atoms with Gasteiger partial charge in [-0.3, -0.25) is 9.59 Å². The van der Waals surface area contributed by atoms with E-state index in [4.69, 9.17) is 4.74 Å². The molecule has 10 heteroatoms. The summed E-state index contributed by atoms with van der Waals surface area (Å²) >= 11 is 2.92. The van der Waals surface area contributed by atoms with E-state index in [0.29, 0.717) is 29.2 Å². The van der Waals surface area contributed by atoms with E-state index in [-0.39, 0.29) is 30.2 Å². The standard InChI is InChI=1S/C30H30FN3O4S2/c1-3-38-30(37)26-22-8-6-10-24(22)40-29(26)33-27(35)18(2)39-25-17-34(23-9-5-4-7-21(23)25)16-15-32-28(36)19-11-13-20(31)14-12-19/h4-5,7,9,11-14,17-18H,3,6,8,10,15-16H2,1-2H3,(H,32,36)(H,33,35)/t18-/m1/s1. The Morgan fingerprint density at radius 1 is 1.12 bits per heavy atom. The summed E-state index contributed by atoms with van der Waals surface area (Å²) in [4.78, 5) is 40.5. The van der Waals surface area contributed by atoms with Gasteiger partial charge in [0, 0.05) is 45.5 Å². The number of esters is 1. The summed E-state index contributed by atoms with van der Waals surface area (Å²) in [5.41, 5.74) is 2.91. The molecule has 208 valence electrons.